The van der Waals surface area contributed by atoms with Crippen LogP contribution in [0.25, 0.3) is 0 Å². The number of carboxylic acid groups (broad SMARTS) is 1. The molecule has 0 aliphatic rings. The molecule has 1 rings (SSSR count). The lowest BCUT2D eigenvalue weighted by molar-refractivity contribution is -0.141. The van der Waals surface area contributed by atoms with Crippen LogP contribution in [0.3, 0.4) is 0 Å². The molecule has 104 valence electrons. The summed E-state index contributed by atoms with van der Waals surface area (Å²) >= 11 is 5.52. The molecule has 1 aromatic rings. The zero-order chi connectivity index (χ0) is 14.4. The third kappa shape index (κ3) is 5.35. The number of hydrogen-bond acceptors (Lipinski definition) is 2. The highest BCUT2D eigenvalue weighted by Crippen LogP contribution is 2.22. The summed E-state index contributed by atoms with van der Waals surface area (Å²) in [6.07, 6.45) is 0.478. The Labute approximate surface area is 133 Å². The second kappa shape index (κ2) is 7.68. The van der Waals surface area contributed by atoms with Gasteiger partial charge in [0.15, 0.2) is 0 Å². The Hall–Kier alpha value is -0.830. The average Bonchev–Trinajstić information content (AvgIpc) is 2.34. The van der Waals surface area contributed by atoms with Gasteiger partial charge in [-0.25, -0.2) is 4.79 Å². The van der Waals surface area contributed by atoms with Gasteiger partial charge in [0.1, 0.15) is 0 Å². The summed E-state index contributed by atoms with van der Waals surface area (Å²) in [7, 11) is 0. The lowest BCUT2D eigenvalue weighted by Gasteiger charge is -2.12. The van der Waals surface area contributed by atoms with Crippen molar-refractivity contribution in [2.75, 3.05) is 11.9 Å². The number of benzene rings is 1. The Morgan fingerprint density at radius 3 is 2.68 bits per heavy atom. The van der Waals surface area contributed by atoms with Gasteiger partial charge in [-0.05, 0) is 63.1 Å². The minimum atomic E-state index is -0.902. The van der Waals surface area contributed by atoms with Crippen molar-refractivity contribution in [3.05, 3.63) is 26.2 Å². The molecule has 0 saturated heterocycles. The van der Waals surface area contributed by atoms with E-state index in [0.717, 1.165) is 8.04 Å². The predicted octanol–water partition coefficient (Wildman–Crippen LogP) is 3.29. The van der Waals surface area contributed by atoms with Gasteiger partial charge < -0.3 is 15.7 Å². The van der Waals surface area contributed by atoms with Crippen LogP contribution in [0.15, 0.2) is 22.7 Å². The number of hydrogen-bond donors (Lipinski definition) is 3. The molecule has 1 aromatic carbocycles. The number of halogens is 2. The molecule has 0 spiro atoms. The minimum absolute atomic E-state index is 0.116. The maximum atomic E-state index is 11.6. The summed E-state index contributed by atoms with van der Waals surface area (Å²) in [5, 5.41) is 14.1. The molecule has 0 bridgehead atoms. The van der Waals surface area contributed by atoms with Crippen LogP contribution >= 0.6 is 38.5 Å². The molecule has 0 aliphatic heterocycles. The standard InChI is InChI=1S/C12H14BrIN2O3/c1-2-7(11(17)18)6-15-12(19)16-8-3-4-9(13)10(14)5-8/h3-5,7H,2,6H2,1H3,(H,17,18)(H2,15,16,19). The van der Waals surface area contributed by atoms with Crippen molar-refractivity contribution in [2.45, 2.75) is 13.3 Å². The smallest absolute Gasteiger partial charge is 0.319 e. The fourth-order valence-corrected chi connectivity index (χ4v) is 2.13. The number of carbonyl (C=O) groups excluding carboxylic acids is 1. The quantitative estimate of drug-likeness (QED) is 0.614. The number of rotatable bonds is 5. The van der Waals surface area contributed by atoms with E-state index in [-0.39, 0.29) is 6.54 Å². The van der Waals surface area contributed by atoms with Crippen LogP contribution in [0, 0.1) is 9.49 Å². The maximum absolute atomic E-state index is 11.6. The van der Waals surface area contributed by atoms with E-state index in [9.17, 15) is 9.59 Å². The van der Waals surface area contributed by atoms with Gasteiger partial charge >= 0.3 is 12.0 Å². The first kappa shape index (κ1) is 16.2. The largest absolute Gasteiger partial charge is 0.481 e. The van der Waals surface area contributed by atoms with Crippen molar-refractivity contribution in [2.24, 2.45) is 5.92 Å². The van der Waals surface area contributed by atoms with Crippen LogP contribution in [0.1, 0.15) is 13.3 Å². The van der Waals surface area contributed by atoms with E-state index >= 15 is 0 Å². The van der Waals surface area contributed by atoms with Gasteiger partial charge in [-0.3, -0.25) is 4.79 Å². The van der Waals surface area contributed by atoms with E-state index in [0.29, 0.717) is 12.1 Å². The highest BCUT2D eigenvalue weighted by molar-refractivity contribution is 14.1. The zero-order valence-corrected chi connectivity index (χ0v) is 14.0. The Balaban J connectivity index is 2.51. The van der Waals surface area contributed by atoms with Crippen molar-refractivity contribution in [3.8, 4) is 0 Å². The first-order valence-electron chi connectivity index (χ1n) is 5.66. The molecule has 3 N–H and O–H groups in total. The monoisotopic (exact) mass is 440 g/mol. The van der Waals surface area contributed by atoms with E-state index in [4.69, 9.17) is 5.11 Å². The van der Waals surface area contributed by atoms with Gasteiger partial charge in [0.05, 0.1) is 5.92 Å². The molecule has 0 heterocycles. The molecule has 0 fully saturated rings. The maximum Gasteiger partial charge on any atom is 0.319 e. The molecule has 7 heteroatoms. The number of urea groups is 1. The molecule has 19 heavy (non-hydrogen) atoms. The number of amides is 2. The van der Waals surface area contributed by atoms with Gasteiger partial charge in [0.2, 0.25) is 0 Å². The van der Waals surface area contributed by atoms with E-state index in [2.05, 4.69) is 49.2 Å². The first-order chi connectivity index (χ1) is 8.93. The summed E-state index contributed by atoms with van der Waals surface area (Å²) in [5.74, 6) is -1.46. The van der Waals surface area contributed by atoms with Crippen LogP contribution in [0.4, 0.5) is 10.5 Å². The number of nitrogens with one attached hydrogen (secondary N) is 2. The Kier molecular flexibility index (Phi) is 6.56. The first-order valence-corrected chi connectivity index (χ1v) is 7.54. The summed E-state index contributed by atoms with van der Waals surface area (Å²) in [5.41, 5.74) is 0.661. The molecule has 1 atom stereocenters. The highest BCUT2D eigenvalue weighted by atomic mass is 127. The van der Waals surface area contributed by atoms with E-state index < -0.39 is 17.9 Å². The lowest BCUT2D eigenvalue weighted by Crippen LogP contribution is -2.35. The van der Waals surface area contributed by atoms with E-state index in [1.54, 1.807) is 13.0 Å². The Morgan fingerprint density at radius 1 is 1.47 bits per heavy atom. The van der Waals surface area contributed by atoms with Crippen molar-refractivity contribution in [3.63, 3.8) is 0 Å². The van der Waals surface area contributed by atoms with Gasteiger partial charge in [-0.15, -0.1) is 0 Å². The Morgan fingerprint density at radius 2 is 2.16 bits per heavy atom. The molecule has 1 unspecified atom stereocenters. The third-order valence-electron chi connectivity index (χ3n) is 2.53. The highest BCUT2D eigenvalue weighted by Gasteiger charge is 2.15. The van der Waals surface area contributed by atoms with Gasteiger partial charge in [-0.2, -0.15) is 0 Å². The molecule has 2 amide bonds. The summed E-state index contributed by atoms with van der Waals surface area (Å²) < 4.78 is 1.93. The fourth-order valence-electron chi connectivity index (χ4n) is 1.37. The molecular formula is C12H14BrIN2O3. The lowest BCUT2D eigenvalue weighted by atomic mass is 10.1. The average molecular weight is 441 g/mol. The normalized spacial score (nSPS) is 11.7. The minimum Gasteiger partial charge on any atom is -0.481 e. The Bertz CT molecular complexity index is 482. The second-order valence-electron chi connectivity index (χ2n) is 3.91. The molecule has 0 saturated carbocycles. The van der Waals surface area contributed by atoms with Gasteiger partial charge in [-0.1, -0.05) is 6.92 Å². The molecule has 0 aromatic heterocycles. The zero-order valence-electron chi connectivity index (χ0n) is 10.2. The van der Waals surface area contributed by atoms with E-state index in [1.165, 1.54) is 0 Å². The third-order valence-corrected chi connectivity index (χ3v) is 4.85. The van der Waals surface area contributed by atoms with Crippen molar-refractivity contribution >= 4 is 56.2 Å². The summed E-state index contributed by atoms with van der Waals surface area (Å²) in [6, 6.07) is 5.01. The van der Waals surface area contributed by atoms with Crippen molar-refractivity contribution in [1.29, 1.82) is 0 Å². The topological polar surface area (TPSA) is 78.4 Å². The fraction of sp³-hybridized carbons (Fsp3) is 0.333. The number of carbonyl (C=O) groups is 2. The van der Waals surface area contributed by atoms with Crippen molar-refractivity contribution in [1.82, 2.24) is 5.32 Å². The summed E-state index contributed by atoms with van der Waals surface area (Å²) in [6.45, 7) is 1.89. The van der Waals surface area contributed by atoms with Crippen molar-refractivity contribution < 1.29 is 14.7 Å². The van der Waals surface area contributed by atoms with Crippen LogP contribution < -0.4 is 10.6 Å². The van der Waals surface area contributed by atoms with Gasteiger partial charge in [0.25, 0.3) is 0 Å². The SMILES string of the molecule is CCC(CNC(=O)Nc1ccc(Br)c(I)c1)C(=O)O. The molecule has 0 aliphatic carbocycles. The van der Waals surface area contributed by atoms with Crippen LogP contribution in [0.5, 0.6) is 0 Å². The number of anilines is 1. The van der Waals surface area contributed by atoms with Crippen LogP contribution in [-0.2, 0) is 4.79 Å². The second-order valence-corrected chi connectivity index (χ2v) is 5.92. The number of aliphatic carboxylic acids is 1. The molecule has 5 nitrogen and oxygen atoms in total. The summed E-state index contributed by atoms with van der Waals surface area (Å²) in [4.78, 5) is 22.4. The number of carboxylic acids is 1. The molecular weight excluding hydrogens is 427 g/mol. The van der Waals surface area contributed by atoms with Crippen LogP contribution in [0.2, 0.25) is 0 Å². The van der Waals surface area contributed by atoms with Gasteiger partial charge in [0, 0.05) is 20.3 Å². The molecule has 0 radical (unpaired) electrons. The van der Waals surface area contributed by atoms with E-state index in [1.807, 2.05) is 12.1 Å². The van der Waals surface area contributed by atoms with Crippen LogP contribution in [-0.4, -0.2) is 23.7 Å². The predicted molar refractivity (Wildman–Crippen MR) is 85.3 cm³/mol.